The zero-order chi connectivity index (χ0) is 15.2. The monoisotopic (exact) mass is 292 g/mol. The van der Waals surface area contributed by atoms with Crippen molar-refractivity contribution in [2.75, 3.05) is 25.6 Å². The van der Waals surface area contributed by atoms with E-state index in [1.165, 1.54) is 0 Å². The van der Waals surface area contributed by atoms with E-state index in [9.17, 15) is 4.79 Å². The molecular weight excluding hydrogens is 268 g/mol. The van der Waals surface area contributed by atoms with Gasteiger partial charge in [0, 0.05) is 39.0 Å². The molecule has 2 N–H and O–H groups in total. The molecule has 1 aromatic heterocycles. The zero-order valence-corrected chi connectivity index (χ0v) is 12.9. The highest BCUT2D eigenvalue weighted by atomic mass is 16.5. The first-order valence-electron chi connectivity index (χ1n) is 7.35. The van der Waals surface area contributed by atoms with Crippen LogP contribution in [-0.4, -0.2) is 43.9 Å². The minimum atomic E-state index is -0.174. The van der Waals surface area contributed by atoms with Crippen molar-refractivity contribution in [3.8, 4) is 0 Å². The number of amides is 2. The molecule has 1 aliphatic rings. The molecule has 0 aromatic carbocycles. The Morgan fingerprint density at radius 2 is 2.38 bits per heavy atom. The number of hydrogen-bond donors (Lipinski definition) is 2. The van der Waals surface area contributed by atoms with Gasteiger partial charge in [-0.15, -0.1) is 0 Å². The number of ether oxygens (including phenoxy) is 1. The van der Waals surface area contributed by atoms with Crippen LogP contribution in [0.2, 0.25) is 0 Å². The van der Waals surface area contributed by atoms with Gasteiger partial charge in [-0.25, -0.2) is 9.78 Å². The standard InChI is InChI=1S/C15H24N4O2/c1-11(13-7-5-9-21-13)18-15(20)17-10-12-6-4-8-16-14(12)19(2)3/h4,6,8,11,13H,5,7,9-10H2,1-3H3,(H2,17,18,20)/t11-,13+/m1/s1. The molecule has 0 bridgehead atoms. The number of rotatable bonds is 5. The number of carbonyl (C=O) groups is 1. The minimum absolute atomic E-state index is 0.0229. The number of urea groups is 1. The van der Waals surface area contributed by atoms with Crippen LogP contribution in [0.4, 0.5) is 10.6 Å². The third-order valence-electron chi connectivity index (χ3n) is 3.61. The van der Waals surface area contributed by atoms with Crippen LogP contribution in [0.3, 0.4) is 0 Å². The zero-order valence-electron chi connectivity index (χ0n) is 12.9. The molecule has 1 saturated heterocycles. The van der Waals surface area contributed by atoms with Crippen molar-refractivity contribution in [3.05, 3.63) is 23.9 Å². The second-order valence-electron chi connectivity index (χ2n) is 5.55. The van der Waals surface area contributed by atoms with Crippen LogP contribution in [0.15, 0.2) is 18.3 Å². The maximum absolute atomic E-state index is 12.0. The van der Waals surface area contributed by atoms with Crippen LogP contribution in [0, 0.1) is 0 Å². The molecule has 6 heteroatoms. The highest BCUT2D eigenvalue weighted by Crippen LogP contribution is 2.16. The largest absolute Gasteiger partial charge is 0.376 e. The van der Waals surface area contributed by atoms with E-state index in [1.54, 1.807) is 6.20 Å². The van der Waals surface area contributed by atoms with Crippen molar-refractivity contribution in [2.24, 2.45) is 0 Å². The number of pyridine rings is 1. The fraction of sp³-hybridized carbons (Fsp3) is 0.600. The van der Waals surface area contributed by atoms with Gasteiger partial charge < -0.3 is 20.3 Å². The van der Waals surface area contributed by atoms with E-state index >= 15 is 0 Å². The lowest BCUT2D eigenvalue weighted by Crippen LogP contribution is -2.45. The molecule has 2 atom stereocenters. The van der Waals surface area contributed by atoms with Gasteiger partial charge in [0.2, 0.25) is 0 Å². The summed E-state index contributed by atoms with van der Waals surface area (Å²) in [5.74, 6) is 0.866. The molecule has 2 rings (SSSR count). The van der Waals surface area contributed by atoms with E-state index < -0.39 is 0 Å². The Balaban J connectivity index is 1.83. The molecule has 1 fully saturated rings. The summed E-state index contributed by atoms with van der Waals surface area (Å²) in [7, 11) is 3.87. The predicted molar refractivity (Wildman–Crippen MR) is 82.4 cm³/mol. The average molecular weight is 292 g/mol. The minimum Gasteiger partial charge on any atom is -0.376 e. The number of nitrogens with zero attached hydrogens (tertiary/aromatic N) is 2. The molecule has 0 aliphatic carbocycles. The normalized spacial score (nSPS) is 19.1. The summed E-state index contributed by atoms with van der Waals surface area (Å²) in [4.78, 5) is 18.2. The molecule has 2 heterocycles. The van der Waals surface area contributed by atoms with E-state index in [2.05, 4.69) is 15.6 Å². The van der Waals surface area contributed by atoms with E-state index in [0.717, 1.165) is 30.8 Å². The van der Waals surface area contributed by atoms with Gasteiger partial charge in [0.15, 0.2) is 0 Å². The second kappa shape index (κ2) is 7.26. The van der Waals surface area contributed by atoms with Crippen molar-refractivity contribution in [2.45, 2.75) is 38.5 Å². The number of nitrogens with one attached hydrogen (secondary N) is 2. The molecule has 1 aromatic rings. The maximum atomic E-state index is 12.0. The summed E-state index contributed by atoms with van der Waals surface area (Å²) in [6, 6.07) is 3.68. The molecule has 21 heavy (non-hydrogen) atoms. The average Bonchev–Trinajstić information content (AvgIpc) is 2.99. The van der Waals surface area contributed by atoms with Gasteiger partial charge in [-0.1, -0.05) is 6.07 Å². The quantitative estimate of drug-likeness (QED) is 0.863. The summed E-state index contributed by atoms with van der Waals surface area (Å²) in [5.41, 5.74) is 0.988. The van der Waals surface area contributed by atoms with Crippen LogP contribution in [0.1, 0.15) is 25.3 Å². The van der Waals surface area contributed by atoms with Crippen LogP contribution in [-0.2, 0) is 11.3 Å². The van der Waals surface area contributed by atoms with E-state index in [1.807, 2.05) is 38.1 Å². The van der Waals surface area contributed by atoms with E-state index in [0.29, 0.717) is 6.54 Å². The maximum Gasteiger partial charge on any atom is 0.315 e. The van der Waals surface area contributed by atoms with Gasteiger partial charge in [-0.3, -0.25) is 0 Å². The van der Waals surface area contributed by atoms with Gasteiger partial charge in [-0.05, 0) is 25.8 Å². The molecule has 0 radical (unpaired) electrons. The summed E-state index contributed by atoms with van der Waals surface area (Å²) >= 11 is 0. The van der Waals surface area contributed by atoms with Crippen molar-refractivity contribution in [1.82, 2.24) is 15.6 Å². The highest BCUT2D eigenvalue weighted by Gasteiger charge is 2.23. The van der Waals surface area contributed by atoms with Crippen LogP contribution >= 0.6 is 0 Å². The topological polar surface area (TPSA) is 66.5 Å². The molecule has 1 aliphatic heterocycles. The molecule has 0 spiro atoms. The highest BCUT2D eigenvalue weighted by molar-refractivity contribution is 5.74. The Labute approximate surface area is 125 Å². The molecule has 0 unspecified atom stereocenters. The first-order valence-corrected chi connectivity index (χ1v) is 7.35. The van der Waals surface area contributed by atoms with Gasteiger partial charge in [-0.2, -0.15) is 0 Å². The number of carbonyl (C=O) groups excluding carboxylic acids is 1. The van der Waals surface area contributed by atoms with Gasteiger partial charge in [0.05, 0.1) is 12.1 Å². The lowest BCUT2D eigenvalue weighted by atomic mass is 10.1. The Morgan fingerprint density at radius 1 is 1.57 bits per heavy atom. The Morgan fingerprint density at radius 3 is 3.05 bits per heavy atom. The fourth-order valence-corrected chi connectivity index (χ4v) is 2.49. The van der Waals surface area contributed by atoms with Crippen molar-refractivity contribution in [3.63, 3.8) is 0 Å². The van der Waals surface area contributed by atoms with E-state index in [4.69, 9.17) is 4.74 Å². The first-order chi connectivity index (χ1) is 10.1. The smallest absolute Gasteiger partial charge is 0.315 e. The molecule has 6 nitrogen and oxygen atoms in total. The van der Waals surface area contributed by atoms with Crippen molar-refractivity contribution in [1.29, 1.82) is 0 Å². The fourth-order valence-electron chi connectivity index (χ4n) is 2.49. The molecular formula is C15H24N4O2. The van der Waals surface area contributed by atoms with Crippen LogP contribution in [0.25, 0.3) is 0 Å². The summed E-state index contributed by atoms with van der Waals surface area (Å²) in [6.45, 7) is 3.22. The molecule has 2 amide bonds. The van der Waals surface area contributed by atoms with Crippen LogP contribution in [0.5, 0.6) is 0 Å². The van der Waals surface area contributed by atoms with Gasteiger partial charge in [0.1, 0.15) is 5.82 Å². The van der Waals surface area contributed by atoms with Gasteiger partial charge >= 0.3 is 6.03 Å². The summed E-state index contributed by atoms with van der Waals surface area (Å²) in [6.07, 6.45) is 3.96. The lowest BCUT2D eigenvalue weighted by Gasteiger charge is -2.21. The molecule has 0 saturated carbocycles. The Bertz CT molecular complexity index is 472. The van der Waals surface area contributed by atoms with Crippen molar-refractivity contribution < 1.29 is 9.53 Å². The second-order valence-corrected chi connectivity index (χ2v) is 5.55. The van der Waals surface area contributed by atoms with Crippen LogP contribution < -0.4 is 15.5 Å². The number of aromatic nitrogens is 1. The summed E-state index contributed by atoms with van der Waals surface area (Å²) in [5, 5.41) is 5.81. The number of hydrogen-bond acceptors (Lipinski definition) is 4. The Hall–Kier alpha value is -1.82. The number of anilines is 1. The van der Waals surface area contributed by atoms with Gasteiger partial charge in [0.25, 0.3) is 0 Å². The predicted octanol–water partition coefficient (Wildman–Crippen LogP) is 1.51. The van der Waals surface area contributed by atoms with Crippen molar-refractivity contribution >= 4 is 11.8 Å². The SMILES string of the molecule is C[C@@H](NC(=O)NCc1cccnc1N(C)C)[C@@H]1CCCO1. The van der Waals surface area contributed by atoms with E-state index in [-0.39, 0.29) is 18.2 Å². The Kier molecular flexibility index (Phi) is 5.38. The summed E-state index contributed by atoms with van der Waals surface area (Å²) < 4.78 is 5.57. The molecule has 116 valence electrons. The first kappa shape index (κ1) is 15.6. The lowest BCUT2D eigenvalue weighted by molar-refractivity contribution is 0.0860. The third-order valence-corrected chi connectivity index (χ3v) is 3.61. The third kappa shape index (κ3) is 4.32.